The third kappa shape index (κ3) is 2.40. The summed E-state index contributed by atoms with van der Waals surface area (Å²) in [5.41, 5.74) is 0. The van der Waals surface area contributed by atoms with Gasteiger partial charge >= 0.3 is 5.97 Å². The summed E-state index contributed by atoms with van der Waals surface area (Å²) in [6.45, 7) is 0. The van der Waals surface area contributed by atoms with Crippen LogP contribution in [0.15, 0.2) is 0 Å². The lowest BCUT2D eigenvalue weighted by Crippen LogP contribution is -2.31. The van der Waals surface area contributed by atoms with Gasteiger partial charge in [-0.25, -0.2) is 0 Å². The first-order valence-electron chi connectivity index (χ1n) is 4.36. The zero-order valence-electron chi connectivity index (χ0n) is 7.56. The van der Waals surface area contributed by atoms with Crippen LogP contribution in [0.3, 0.4) is 0 Å². The fraction of sp³-hybridized carbons (Fsp3) is 0.875. The molecule has 5 heteroatoms. The Morgan fingerprint density at radius 1 is 1.54 bits per heavy atom. The largest absolute Gasteiger partial charge is 0.469 e. The van der Waals surface area contributed by atoms with Gasteiger partial charge in [-0.3, -0.25) is 14.9 Å². The average molecular weight is 187 g/mol. The third-order valence-corrected chi connectivity index (χ3v) is 2.48. The minimum absolute atomic E-state index is 0.269. The number of hydrogen-bond acceptors (Lipinski definition) is 4. The highest BCUT2D eigenvalue weighted by atomic mass is 16.6. The average Bonchev–Trinajstić information content (AvgIpc) is 2.17. The van der Waals surface area contributed by atoms with Crippen molar-refractivity contribution in [1.29, 1.82) is 0 Å². The Morgan fingerprint density at radius 2 is 2.23 bits per heavy atom. The minimum atomic E-state index is -0.558. The number of nitrogens with zero attached hydrogens (tertiary/aromatic N) is 1. The second-order valence-corrected chi connectivity index (χ2v) is 3.33. The number of hydrogen-bond donors (Lipinski definition) is 0. The highest BCUT2D eigenvalue weighted by Gasteiger charge is 2.33. The van der Waals surface area contributed by atoms with Crippen LogP contribution in [0, 0.1) is 16.0 Å². The molecule has 0 bridgehead atoms. The van der Waals surface area contributed by atoms with E-state index in [2.05, 4.69) is 4.74 Å². The van der Waals surface area contributed by atoms with Crippen LogP contribution in [0.5, 0.6) is 0 Å². The summed E-state index contributed by atoms with van der Waals surface area (Å²) < 4.78 is 4.56. The molecular weight excluding hydrogens is 174 g/mol. The lowest BCUT2D eigenvalue weighted by atomic mass is 9.86. The van der Waals surface area contributed by atoms with Crippen molar-refractivity contribution in [2.45, 2.75) is 31.7 Å². The van der Waals surface area contributed by atoms with E-state index in [1.54, 1.807) is 0 Å². The Labute approximate surface area is 76.2 Å². The van der Waals surface area contributed by atoms with Gasteiger partial charge in [0.1, 0.15) is 0 Å². The van der Waals surface area contributed by atoms with Crippen molar-refractivity contribution < 1.29 is 14.5 Å². The number of carbonyl (C=O) groups excluding carboxylic acids is 1. The highest BCUT2D eigenvalue weighted by Crippen LogP contribution is 2.26. The normalized spacial score (nSPS) is 28.1. The van der Waals surface area contributed by atoms with Gasteiger partial charge in [0.05, 0.1) is 13.0 Å². The number of rotatable bonds is 2. The van der Waals surface area contributed by atoms with E-state index in [0.717, 1.165) is 12.8 Å². The maximum absolute atomic E-state index is 11.1. The summed E-state index contributed by atoms with van der Waals surface area (Å²) in [5.74, 6) is -0.583. The summed E-state index contributed by atoms with van der Waals surface area (Å²) in [6.07, 6.45) is 2.38. The van der Waals surface area contributed by atoms with E-state index >= 15 is 0 Å². The smallest absolute Gasteiger partial charge is 0.308 e. The second kappa shape index (κ2) is 4.20. The fourth-order valence-corrected chi connectivity index (χ4v) is 1.74. The Morgan fingerprint density at radius 3 is 2.77 bits per heavy atom. The van der Waals surface area contributed by atoms with Crippen molar-refractivity contribution in [3.63, 3.8) is 0 Å². The molecule has 13 heavy (non-hydrogen) atoms. The quantitative estimate of drug-likeness (QED) is 0.367. The summed E-state index contributed by atoms with van der Waals surface area (Å²) in [7, 11) is 1.32. The lowest BCUT2D eigenvalue weighted by molar-refractivity contribution is -0.527. The number of nitro groups is 1. The SMILES string of the molecule is COC(=O)C1CCCC([N+](=O)[O-])C1. The van der Waals surface area contributed by atoms with Gasteiger partial charge < -0.3 is 4.74 Å². The van der Waals surface area contributed by atoms with E-state index < -0.39 is 6.04 Å². The van der Waals surface area contributed by atoms with Gasteiger partial charge in [-0.05, 0) is 12.8 Å². The summed E-state index contributed by atoms with van der Waals surface area (Å²) in [6, 6.07) is -0.558. The van der Waals surface area contributed by atoms with Gasteiger partial charge in [-0.15, -0.1) is 0 Å². The first-order valence-corrected chi connectivity index (χ1v) is 4.36. The monoisotopic (exact) mass is 187 g/mol. The number of methoxy groups -OCH3 is 1. The molecule has 0 aromatic rings. The molecule has 0 heterocycles. The highest BCUT2D eigenvalue weighted by molar-refractivity contribution is 5.72. The molecule has 1 aliphatic carbocycles. The van der Waals surface area contributed by atoms with Crippen LogP contribution < -0.4 is 0 Å². The molecule has 2 atom stereocenters. The number of esters is 1. The molecule has 74 valence electrons. The predicted molar refractivity (Wildman–Crippen MR) is 44.8 cm³/mol. The summed E-state index contributed by atoms with van der Waals surface area (Å²) in [4.78, 5) is 21.3. The van der Waals surface area contributed by atoms with Crippen molar-refractivity contribution in [1.82, 2.24) is 0 Å². The maximum Gasteiger partial charge on any atom is 0.308 e. The van der Waals surface area contributed by atoms with Crippen molar-refractivity contribution in [2.24, 2.45) is 5.92 Å². The molecule has 1 fully saturated rings. The second-order valence-electron chi connectivity index (χ2n) is 3.33. The van der Waals surface area contributed by atoms with Gasteiger partial charge in [-0.1, -0.05) is 0 Å². The molecule has 0 aliphatic heterocycles. The molecule has 0 N–H and O–H groups in total. The number of ether oxygens (including phenoxy) is 1. The Hall–Kier alpha value is -1.13. The van der Waals surface area contributed by atoms with Crippen molar-refractivity contribution >= 4 is 5.97 Å². The van der Waals surface area contributed by atoms with Crippen LogP contribution in [0.1, 0.15) is 25.7 Å². The molecule has 0 saturated heterocycles. The van der Waals surface area contributed by atoms with Gasteiger partial charge in [0, 0.05) is 17.8 Å². The van der Waals surface area contributed by atoms with Crippen molar-refractivity contribution in [3.05, 3.63) is 10.1 Å². The Kier molecular flexibility index (Phi) is 3.22. The summed E-state index contributed by atoms with van der Waals surface area (Å²) in [5, 5.41) is 10.5. The van der Waals surface area contributed by atoms with Crippen molar-refractivity contribution in [3.8, 4) is 0 Å². The topological polar surface area (TPSA) is 69.4 Å². The van der Waals surface area contributed by atoms with E-state index in [1.807, 2.05) is 0 Å². The maximum atomic E-state index is 11.1. The molecule has 1 rings (SSSR count). The van der Waals surface area contributed by atoms with E-state index in [4.69, 9.17) is 0 Å². The molecule has 2 unspecified atom stereocenters. The summed E-state index contributed by atoms with van der Waals surface area (Å²) >= 11 is 0. The van der Waals surface area contributed by atoms with Crippen LogP contribution >= 0.6 is 0 Å². The van der Waals surface area contributed by atoms with Crippen LogP contribution in [-0.2, 0) is 9.53 Å². The van der Waals surface area contributed by atoms with E-state index in [1.165, 1.54) is 7.11 Å². The Balaban J connectivity index is 2.51. The first kappa shape index (κ1) is 9.95. The van der Waals surface area contributed by atoms with Crippen LogP contribution in [0.25, 0.3) is 0 Å². The lowest BCUT2D eigenvalue weighted by Gasteiger charge is -2.21. The molecular formula is C8H13NO4. The molecule has 0 amide bonds. The molecule has 0 radical (unpaired) electrons. The fourth-order valence-electron chi connectivity index (χ4n) is 1.74. The third-order valence-electron chi connectivity index (χ3n) is 2.48. The predicted octanol–water partition coefficient (Wildman–Crippen LogP) is 0.995. The minimum Gasteiger partial charge on any atom is -0.469 e. The molecule has 0 spiro atoms. The van der Waals surface area contributed by atoms with Gasteiger partial charge in [0.15, 0.2) is 0 Å². The van der Waals surface area contributed by atoms with E-state index in [0.29, 0.717) is 12.8 Å². The standard InChI is InChI=1S/C8H13NO4/c1-13-8(10)6-3-2-4-7(5-6)9(11)12/h6-7H,2-5H2,1H3. The molecule has 1 saturated carbocycles. The number of carbonyl (C=O) groups is 1. The zero-order valence-corrected chi connectivity index (χ0v) is 7.56. The zero-order chi connectivity index (χ0) is 9.84. The van der Waals surface area contributed by atoms with Crippen LogP contribution in [-0.4, -0.2) is 24.0 Å². The first-order chi connectivity index (χ1) is 6.15. The molecule has 0 aromatic heterocycles. The Bertz CT molecular complexity index is 216. The van der Waals surface area contributed by atoms with Gasteiger partial charge in [0.2, 0.25) is 6.04 Å². The molecule has 0 aromatic carbocycles. The van der Waals surface area contributed by atoms with E-state index in [9.17, 15) is 14.9 Å². The van der Waals surface area contributed by atoms with Crippen LogP contribution in [0.2, 0.25) is 0 Å². The molecule has 5 nitrogen and oxygen atoms in total. The van der Waals surface area contributed by atoms with E-state index in [-0.39, 0.29) is 16.8 Å². The van der Waals surface area contributed by atoms with Crippen LogP contribution in [0.4, 0.5) is 0 Å². The van der Waals surface area contributed by atoms with Crippen molar-refractivity contribution in [2.75, 3.05) is 7.11 Å². The molecule has 1 aliphatic rings. The van der Waals surface area contributed by atoms with Gasteiger partial charge in [-0.2, -0.15) is 0 Å². The van der Waals surface area contributed by atoms with Gasteiger partial charge in [0.25, 0.3) is 0 Å².